The molecule has 2 heterocycles. The Morgan fingerprint density at radius 1 is 1.16 bits per heavy atom. The lowest BCUT2D eigenvalue weighted by Crippen LogP contribution is -2.40. The predicted molar refractivity (Wildman–Crippen MR) is 110 cm³/mol. The van der Waals surface area contributed by atoms with Gasteiger partial charge in [0.1, 0.15) is 12.4 Å². The normalized spacial score (nSPS) is 19.4. The summed E-state index contributed by atoms with van der Waals surface area (Å²) in [7, 11) is -2.42. The van der Waals surface area contributed by atoms with E-state index in [-0.39, 0.29) is 22.6 Å². The van der Waals surface area contributed by atoms with Crippen molar-refractivity contribution >= 4 is 21.7 Å². The van der Waals surface area contributed by atoms with Gasteiger partial charge in [0.2, 0.25) is 5.88 Å². The van der Waals surface area contributed by atoms with Gasteiger partial charge in [-0.1, -0.05) is 0 Å². The van der Waals surface area contributed by atoms with Crippen molar-refractivity contribution in [3.05, 3.63) is 34.3 Å². The first-order valence-corrected chi connectivity index (χ1v) is 11.9. The van der Waals surface area contributed by atoms with Crippen molar-refractivity contribution < 1.29 is 22.3 Å². The number of fused-ring (bicyclic) bond motifs is 3. The van der Waals surface area contributed by atoms with Crippen LogP contribution in [0.5, 0.6) is 5.88 Å². The summed E-state index contributed by atoms with van der Waals surface area (Å²) in [5.74, 6) is -0.0440. The van der Waals surface area contributed by atoms with Gasteiger partial charge < -0.3 is 15.4 Å². The third-order valence-corrected chi connectivity index (χ3v) is 7.62. The van der Waals surface area contributed by atoms with Gasteiger partial charge >= 0.3 is 6.03 Å². The second-order valence-corrected chi connectivity index (χ2v) is 9.81. The number of rotatable bonds is 4. The van der Waals surface area contributed by atoms with E-state index in [1.165, 1.54) is 10.9 Å². The zero-order chi connectivity index (χ0) is 21.8. The van der Waals surface area contributed by atoms with Gasteiger partial charge in [0.05, 0.1) is 18.8 Å². The monoisotopic (exact) mass is 449 g/mol. The van der Waals surface area contributed by atoms with E-state index >= 15 is 0 Å². The minimum Gasteiger partial charge on any atom is -0.475 e. The van der Waals surface area contributed by atoms with Crippen molar-refractivity contribution in [2.24, 2.45) is 0 Å². The van der Waals surface area contributed by atoms with E-state index in [0.717, 1.165) is 24.0 Å². The van der Waals surface area contributed by atoms with Crippen molar-refractivity contribution in [2.45, 2.75) is 56.0 Å². The van der Waals surface area contributed by atoms with Crippen LogP contribution in [0.15, 0.2) is 11.1 Å². The number of nitrogens with one attached hydrogen (secondary N) is 3. The van der Waals surface area contributed by atoms with Crippen LogP contribution in [0.3, 0.4) is 0 Å². The fraction of sp³-hybridized carbons (Fsp3) is 0.500. The molecule has 1 atom stereocenters. The number of urea groups is 1. The number of sulfonamides is 1. The molecule has 1 aliphatic heterocycles. The molecular weight excluding hydrogens is 425 g/mol. The van der Waals surface area contributed by atoms with Crippen LogP contribution in [0.2, 0.25) is 0 Å². The Morgan fingerprint density at radius 3 is 2.45 bits per heavy atom. The lowest BCUT2D eigenvalue weighted by atomic mass is 9.98. The molecule has 1 aromatic heterocycles. The third-order valence-electron chi connectivity index (χ3n) is 6.31. The molecule has 1 aromatic carbocycles. The minimum absolute atomic E-state index is 0.0156. The SMILES string of the molecule is CN[C@H]1COc2c(S(=O)(=O)NC(=O)Nc3c4c(c(F)c5c3CCC5)CCC4)cnn2C1. The van der Waals surface area contributed by atoms with E-state index in [1.54, 1.807) is 7.05 Å². The maximum absolute atomic E-state index is 14.8. The largest absolute Gasteiger partial charge is 0.475 e. The highest BCUT2D eigenvalue weighted by Gasteiger charge is 2.33. The lowest BCUT2D eigenvalue weighted by Gasteiger charge is -2.24. The third kappa shape index (κ3) is 3.35. The van der Waals surface area contributed by atoms with Crippen LogP contribution in [0.1, 0.15) is 35.1 Å². The molecule has 3 N–H and O–H groups in total. The average molecular weight is 450 g/mol. The predicted octanol–water partition coefficient (Wildman–Crippen LogP) is 1.49. The van der Waals surface area contributed by atoms with E-state index in [0.29, 0.717) is 55.6 Å². The Morgan fingerprint density at radius 2 is 1.81 bits per heavy atom. The van der Waals surface area contributed by atoms with Gasteiger partial charge in [0.15, 0.2) is 4.90 Å². The highest BCUT2D eigenvalue weighted by molar-refractivity contribution is 7.90. The molecular formula is C20H24FN5O4S. The quantitative estimate of drug-likeness (QED) is 0.652. The van der Waals surface area contributed by atoms with E-state index < -0.39 is 16.1 Å². The average Bonchev–Trinajstić information content (AvgIpc) is 3.49. The number of carbonyl (C=O) groups is 1. The molecule has 0 saturated carbocycles. The van der Waals surface area contributed by atoms with E-state index in [1.807, 2.05) is 0 Å². The molecule has 0 fully saturated rings. The van der Waals surface area contributed by atoms with Gasteiger partial charge in [-0.2, -0.15) is 5.10 Å². The molecule has 0 spiro atoms. The zero-order valence-electron chi connectivity index (χ0n) is 17.1. The molecule has 3 aliphatic rings. The number of hydrogen-bond donors (Lipinski definition) is 3. The Balaban J connectivity index is 1.40. The van der Waals surface area contributed by atoms with Crippen molar-refractivity contribution in [1.29, 1.82) is 0 Å². The summed E-state index contributed by atoms with van der Waals surface area (Å²) in [6.45, 7) is 0.756. The van der Waals surface area contributed by atoms with Crippen LogP contribution in [0.25, 0.3) is 0 Å². The number of hydrogen-bond acceptors (Lipinski definition) is 6. The summed E-state index contributed by atoms with van der Waals surface area (Å²) in [5.41, 5.74) is 3.44. The van der Waals surface area contributed by atoms with Gasteiger partial charge in [-0.15, -0.1) is 0 Å². The van der Waals surface area contributed by atoms with Crippen LogP contribution in [-0.2, 0) is 42.3 Å². The first-order chi connectivity index (χ1) is 14.9. The smallest absolute Gasteiger partial charge is 0.333 e. The number of amides is 2. The Bertz CT molecular complexity index is 1140. The van der Waals surface area contributed by atoms with E-state index in [9.17, 15) is 17.6 Å². The Labute approximate surface area is 179 Å². The molecule has 31 heavy (non-hydrogen) atoms. The fourth-order valence-electron chi connectivity index (χ4n) is 4.79. The molecule has 9 nitrogen and oxygen atoms in total. The molecule has 11 heteroatoms. The van der Waals surface area contributed by atoms with Gasteiger partial charge in [-0.25, -0.2) is 27.0 Å². The molecule has 2 aromatic rings. The van der Waals surface area contributed by atoms with Gasteiger partial charge in [0.25, 0.3) is 10.0 Å². The summed E-state index contributed by atoms with van der Waals surface area (Å²) in [5, 5.41) is 9.84. The van der Waals surface area contributed by atoms with Gasteiger partial charge in [0, 0.05) is 5.69 Å². The van der Waals surface area contributed by atoms with Gasteiger partial charge in [-0.05, 0) is 67.8 Å². The highest BCUT2D eigenvalue weighted by Crippen LogP contribution is 2.41. The van der Waals surface area contributed by atoms with Crippen molar-refractivity contribution in [3.8, 4) is 5.88 Å². The Kier molecular flexibility index (Phi) is 4.89. The minimum atomic E-state index is -4.20. The van der Waals surface area contributed by atoms with Crippen LogP contribution < -0.4 is 20.1 Å². The summed E-state index contributed by atoms with van der Waals surface area (Å²) in [6, 6.07) is -0.861. The molecule has 2 aliphatic carbocycles. The second kappa shape index (κ2) is 7.49. The number of nitrogens with zero attached hydrogens (tertiary/aromatic N) is 2. The number of ether oxygens (including phenoxy) is 1. The van der Waals surface area contributed by atoms with Crippen LogP contribution in [-0.4, -0.2) is 43.9 Å². The maximum atomic E-state index is 14.8. The summed E-state index contributed by atoms with van der Waals surface area (Å²) in [4.78, 5) is 12.5. The number of aromatic nitrogens is 2. The first kappa shape index (κ1) is 20.3. The maximum Gasteiger partial charge on any atom is 0.333 e. The number of halogens is 1. The van der Waals surface area contributed by atoms with Crippen molar-refractivity contribution in [2.75, 3.05) is 19.0 Å². The standard InChI is InChI=1S/C20H24FN5O4S/c1-22-11-9-26-19(30-10-11)16(8-23-26)31(28,29)25-20(27)24-18-14-6-2-4-12(14)17(21)13-5-3-7-15(13)18/h8,11,22H,2-7,9-10H2,1H3,(H2,24,25,27)/t11-/m1/s1. The van der Waals surface area contributed by atoms with Gasteiger partial charge in [-0.3, -0.25) is 0 Å². The number of anilines is 1. The fourth-order valence-corrected chi connectivity index (χ4v) is 5.77. The van der Waals surface area contributed by atoms with Crippen molar-refractivity contribution in [3.63, 3.8) is 0 Å². The zero-order valence-corrected chi connectivity index (χ0v) is 17.9. The molecule has 5 rings (SSSR count). The van der Waals surface area contributed by atoms with Crippen LogP contribution in [0, 0.1) is 5.82 Å². The second-order valence-electron chi connectivity index (χ2n) is 8.16. The number of carbonyl (C=O) groups excluding carboxylic acids is 1. The highest BCUT2D eigenvalue weighted by atomic mass is 32.2. The van der Waals surface area contributed by atoms with E-state index in [4.69, 9.17) is 4.74 Å². The van der Waals surface area contributed by atoms with Crippen LogP contribution in [0.4, 0.5) is 14.9 Å². The molecule has 166 valence electrons. The molecule has 0 unspecified atom stereocenters. The summed E-state index contributed by atoms with van der Waals surface area (Å²) < 4.78 is 49.6. The Hall–Kier alpha value is -2.66. The number of benzene rings is 1. The molecule has 0 saturated heterocycles. The molecule has 2 amide bonds. The summed E-state index contributed by atoms with van der Waals surface area (Å²) in [6.07, 6.45) is 5.41. The topological polar surface area (TPSA) is 114 Å². The summed E-state index contributed by atoms with van der Waals surface area (Å²) >= 11 is 0. The molecule has 0 radical (unpaired) electrons. The molecule has 0 bridgehead atoms. The van der Waals surface area contributed by atoms with Crippen molar-refractivity contribution in [1.82, 2.24) is 19.8 Å². The number of likely N-dealkylation sites (N-methyl/N-ethyl adjacent to an activating group) is 1. The lowest BCUT2D eigenvalue weighted by molar-refractivity contribution is 0.184. The van der Waals surface area contributed by atoms with Crippen LogP contribution >= 0.6 is 0 Å². The van der Waals surface area contributed by atoms with E-state index in [2.05, 4.69) is 20.5 Å². The first-order valence-electron chi connectivity index (χ1n) is 10.4.